The summed E-state index contributed by atoms with van der Waals surface area (Å²) >= 11 is 11.1. The van der Waals surface area contributed by atoms with Crippen molar-refractivity contribution in [2.24, 2.45) is 0 Å². The van der Waals surface area contributed by atoms with Crippen molar-refractivity contribution in [1.82, 2.24) is 4.98 Å². The van der Waals surface area contributed by atoms with Gasteiger partial charge in [0.15, 0.2) is 11.5 Å². The Balaban J connectivity index is 1.58. The summed E-state index contributed by atoms with van der Waals surface area (Å²) in [6.07, 6.45) is 1.72. The van der Waals surface area contributed by atoms with E-state index in [1.807, 2.05) is 30.3 Å². The second kappa shape index (κ2) is 8.43. The van der Waals surface area contributed by atoms with E-state index < -0.39 is 0 Å². The van der Waals surface area contributed by atoms with Crippen molar-refractivity contribution >= 4 is 50.9 Å². The van der Waals surface area contributed by atoms with E-state index in [2.05, 4.69) is 26.2 Å². The number of benzene rings is 2. The highest BCUT2D eigenvalue weighted by Gasteiger charge is 2.18. The fourth-order valence-electron chi connectivity index (χ4n) is 2.63. The molecule has 1 aliphatic rings. The van der Waals surface area contributed by atoms with Gasteiger partial charge in [0, 0.05) is 27.7 Å². The third-order valence-electron chi connectivity index (χ3n) is 3.93. The van der Waals surface area contributed by atoms with E-state index in [9.17, 15) is 4.79 Å². The number of aromatic nitrogens is 1. The second-order valence-corrected chi connectivity index (χ2v) is 8.23. The molecule has 1 aliphatic heterocycles. The first-order chi connectivity index (χ1) is 13.6. The number of carbonyl (C=O) groups is 1. The Morgan fingerprint density at radius 1 is 1.11 bits per heavy atom. The van der Waals surface area contributed by atoms with Crippen LogP contribution in [0.2, 0.25) is 5.02 Å². The minimum atomic E-state index is -0.265. The molecule has 4 rings (SSSR count). The third-order valence-corrected chi connectivity index (χ3v) is 5.73. The van der Waals surface area contributed by atoms with Crippen molar-refractivity contribution in [3.8, 4) is 11.5 Å². The molecule has 28 heavy (non-hydrogen) atoms. The van der Waals surface area contributed by atoms with Crippen molar-refractivity contribution in [3.05, 3.63) is 69.8 Å². The van der Waals surface area contributed by atoms with Crippen LogP contribution in [0, 0.1) is 0 Å². The number of rotatable bonds is 4. The maximum Gasteiger partial charge on any atom is 0.256 e. The number of hydrogen-bond acceptors (Lipinski definition) is 5. The molecule has 8 heteroatoms. The van der Waals surface area contributed by atoms with E-state index in [-0.39, 0.29) is 5.91 Å². The van der Waals surface area contributed by atoms with Gasteiger partial charge in [-0.1, -0.05) is 35.5 Å². The van der Waals surface area contributed by atoms with Crippen LogP contribution in [0.1, 0.15) is 10.4 Å². The Bertz CT molecular complexity index is 1030. The standard InChI is InChI=1S/C20H14BrClN2O3S/c21-12-5-6-19(23-11-12)28-18-4-2-1-3-13(18)20(25)24-15-10-17-16(9-14(15)22)26-7-8-27-17/h1-6,9-11H,7-8H2,(H,24,25). The van der Waals surface area contributed by atoms with E-state index in [0.29, 0.717) is 41.0 Å². The largest absolute Gasteiger partial charge is 0.486 e. The highest BCUT2D eigenvalue weighted by atomic mass is 79.9. The molecule has 0 spiro atoms. The number of pyridine rings is 1. The van der Waals surface area contributed by atoms with Crippen LogP contribution in [-0.2, 0) is 0 Å². The van der Waals surface area contributed by atoms with Gasteiger partial charge in [0.2, 0.25) is 0 Å². The smallest absolute Gasteiger partial charge is 0.256 e. The molecule has 0 saturated carbocycles. The minimum Gasteiger partial charge on any atom is -0.486 e. The lowest BCUT2D eigenvalue weighted by molar-refractivity contribution is 0.102. The normalized spacial score (nSPS) is 12.5. The van der Waals surface area contributed by atoms with Crippen LogP contribution in [0.15, 0.2) is 69.1 Å². The zero-order chi connectivity index (χ0) is 19.5. The minimum absolute atomic E-state index is 0.265. The van der Waals surface area contributed by atoms with Crippen LogP contribution >= 0.6 is 39.3 Å². The topological polar surface area (TPSA) is 60.5 Å². The van der Waals surface area contributed by atoms with Crippen molar-refractivity contribution in [2.75, 3.05) is 18.5 Å². The van der Waals surface area contributed by atoms with E-state index in [4.69, 9.17) is 21.1 Å². The summed E-state index contributed by atoms with van der Waals surface area (Å²) in [5, 5.41) is 4.04. The van der Waals surface area contributed by atoms with Gasteiger partial charge >= 0.3 is 0 Å². The number of carbonyl (C=O) groups excluding carboxylic acids is 1. The summed E-state index contributed by atoms with van der Waals surface area (Å²) in [6.45, 7) is 0.936. The van der Waals surface area contributed by atoms with Crippen LogP contribution < -0.4 is 14.8 Å². The highest BCUT2D eigenvalue weighted by Crippen LogP contribution is 2.38. The molecule has 0 aliphatic carbocycles. The summed E-state index contributed by atoms with van der Waals surface area (Å²) in [5.74, 6) is 0.873. The van der Waals surface area contributed by atoms with Gasteiger partial charge in [-0.2, -0.15) is 0 Å². The number of nitrogens with one attached hydrogen (secondary N) is 1. The molecule has 2 heterocycles. The lowest BCUT2D eigenvalue weighted by Gasteiger charge is -2.20. The monoisotopic (exact) mass is 476 g/mol. The van der Waals surface area contributed by atoms with Gasteiger partial charge in [-0.25, -0.2) is 4.98 Å². The van der Waals surface area contributed by atoms with Gasteiger partial charge in [-0.05, 0) is 40.2 Å². The lowest BCUT2D eigenvalue weighted by atomic mass is 10.2. The van der Waals surface area contributed by atoms with Crippen molar-refractivity contribution in [3.63, 3.8) is 0 Å². The summed E-state index contributed by atoms with van der Waals surface area (Å²) in [7, 11) is 0. The van der Waals surface area contributed by atoms with Crippen LogP contribution in [0.5, 0.6) is 11.5 Å². The zero-order valence-corrected chi connectivity index (χ0v) is 17.6. The lowest BCUT2D eigenvalue weighted by Crippen LogP contribution is -2.17. The average Bonchev–Trinajstić information content (AvgIpc) is 2.70. The molecule has 3 aromatic rings. The molecule has 5 nitrogen and oxygen atoms in total. The molecule has 0 saturated heterocycles. The number of anilines is 1. The molecular formula is C20H14BrClN2O3S. The van der Waals surface area contributed by atoms with E-state index >= 15 is 0 Å². The van der Waals surface area contributed by atoms with Crippen molar-refractivity contribution in [2.45, 2.75) is 9.92 Å². The molecule has 0 bridgehead atoms. The maximum atomic E-state index is 12.9. The zero-order valence-electron chi connectivity index (χ0n) is 14.4. The van der Waals surface area contributed by atoms with Crippen LogP contribution in [0.25, 0.3) is 0 Å². The Labute approximate surface area is 179 Å². The maximum absolute atomic E-state index is 12.9. The van der Waals surface area contributed by atoms with Gasteiger partial charge in [-0.15, -0.1) is 0 Å². The Morgan fingerprint density at radius 3 is 2.61 bits per heavy atom. The van der Waals surface area contributed by atoms with Crippen LogP contribution in [-0.4, -0.2) is 24.1 Å². The molecule has 0 fully saturated rings. The van der Waals surface area contributed by atoms with E-state index in [1.165, 1.54) is 11.8 Å². The highest BCUT2D eigenvalue weighted by molar-refractivity contribution is 9.10. The molecule has 2 aromatic carbocycles. The molecule has 0 atom stereocenters. The van der Waals surface area contributed by atoms with Gasteiger partial charge in [0.25, 0.3) is 5.91 Å². The Morgan fingerprint density at radius 2 is 1.86 bits per heavy atom. The second-order valence-electron chi connectivity index (χ2n) is 5.84. The van der Waals surface area contributed by atoms with Gasteiger partial charge < -0.3 is 14.8 Å². The molecule has 1 N–H and O–H groups in total. The number of hydrogen-bond donors (Lipinski definition) is 1. The van der Waals surface area contributed by atoms with E-state index in [1.54, 1.807) is 24.4 Å². The van der Waals surface area contributed by atoms with Crippen molar-refractivity contribution < 1.29 is 14.3 Å². The molecule has 0 unspecified atom stereocenters. The van der Waals surface area contributed by atoms with E-state index in [0.717, 1.165) is 14.4 Å². The van der Waals surface area contributed by atoms with Gasteiger partial charge in [0.05, 0.1) is 16.3 Å². The molecule has 1 aromatic heterocycles. The molecule has 0 radical (unpaired) electrons. The third kappa shape index (κ3) is 4.27. The number of nitrogens with zero attached hydrogens (tertiary/aromatic N) is 1. The predicted octanol–water partition coefficient (Wildman–Crippen LogP) is 5.67. The predicted molar refractivity (Wildman–Crippen MR) is 113 cm³/mol. The quantitative estimate of drug-likeness (QED) is 0.524. The Kier molecular flexibility index (Phi) is 5.75. The molecule has 142 valence electrons. The molecular weight excluding hydrogens is 464 g/mol. The summed E-state index contributed by atoms with van der Waals surface area (Å²) < 4.78 is 12.0. The van der Waals surface area contributed by atoms with Crippen molar-refractivity contribution in [1.29, 1.82) is 0 Å². The van der Waals surface area contributed by atoms with Crippen LogP contribution in [0.4, 0.5) is 5.69 Å². The summed E-state index contributed by atoms with van der Waals surface area (Å²) in [4.78, 5) is 18.1. The van der Waals surface area contributed by atoms with Crippen LogP contribution in [0.3, 0.4) is 0 Å². The number of fused-ring (bicyclic) bond motifs is 1. The fourth-order valence-corrected chi connectivity index (χ4v) is 3.95. The number of halogens is 2. The average molecular weight is 478 g/mol. The van der Waals surface area contributed by atoms with Gasteiger partial charge in [-0.3, -0.25) is 4.79 Å². The summed E-state index contributed by atoms with van der Waals surface area (Å²) in [5.41, 5.74) is 1.00. The Hall–Kier alpha value is -2.22. The SMILES string of the molecule is O=C(Nc1cc2c(cc1Cl)OCCO2)c1ccccc1Sc1ccc(Br)cn1. The first-order valence-electron chi connectivity index (χ1n) is 8.39. The first kappa shape index (κ1) is 19.1. The first-order valence-corrected chi connectivity index (χ1v) is 10.4. The number of ether oxygens (including phenoxy) is 2. The number of amides is 1. The summed E-state index contributed by atoms with van der Waals surface area (Å²) in [6, 6.07) is 14.5. The molecule has 1 amide bonds. The van der Waals surface area contributed by atoms with Gasteiger partial charge in [0.1, 0.15) is 18.2 Å². The fraction of sp³-hybridized carbons (Fsp3) is 0.100.